The van der Waals surface area contributed by atoms with E-state index in [-0.39, 0.29) is 12.3 Å². The highest BCUT2D eigenvalue weighted by molar-refractivity contribution is 5.77. The van der Waals surface area contributed by atoms with Crippen LogP contribution >= 0.6 is 0 Å². The maximum Gasteiger partial charge on any atom is 0.221 e. The van der Waals surface area contributed by atoms with Crippen LogP contribution in [0.15, 0.2) is 59.9 Å². The Morgan fingerprint density at radius 1 is 1.19 bits per heavy atom. The monoisotopic (exact) mass is 437 g/mol. The Morgan fingerprint density at radius 3 is 2.69 bits per heavy atom. The van der Waals surface area contributed by atoms with Gasteiger partial charge in [-0.15, -0.1) is 0 Å². The van der Waals surface area contributed by atoms with Gasteiger partial charge >= 0.3 is 0 Å². The van der Waals surface area contributed by atoms with Crippen molar-refractivity contribution in [1.29, 1.82) is 0 Å². The summed E-state index contributed by atoms with van der Waals surface area (Å²) in [5.74, 6) is 2.53. The van der Waals surface area contributed by atoms with Crippen LogP contribution < -0.4 is 5.73 Å². The number of ether oxygens (including phenoxy) is 2. The molecule has 0 radical (unpaired) electrons. The van der Waals surface area contributed by atoms with Crippen LogP contribution in [0.3, 0.4) is 0 Å². The Kier molecular flexibility index (Phi) is 9.11. The lowest BCUT2D eigenvalue weighted by atomic mass is 9.89. The Hall–Kier alpha value is -2.86. The summed E-state index contributed by atoms with van der Waals surface area (Å²) in [6.07, 6.45) is 15.3. The van der Waals surface area contributed by atoms with E-state index in [9.17, 15) is 4.79 Å². The molecule has 0 aliphatic heterocycles. The summed E-state index contributed by atoms with van der Waals surface area (Å²) in [5, 5.41) is 0. The van der Waals surface area contributed by atoms with E-state index in [1.54, 1.807) is 7.11 Å². The van der Waals surface area contributed by atoms with E-state index in [1.165, 1.54) is 43.4 Å². The number of imidazole rings is 1. The molecule has 1 saturated carbocycles. The molecule has 0 unspecified atom stereocenters. The normalized spacial score (nSPS) is 16.6. The number of nitrogens with zero attached hydrogens (tertiary/aromatic N) is 2. The number of carbonyl (C=O) groups excluding carboxylic acids is 1. The molecule has 172 valence electrons. The minimum absolute atomic E-state index is 0.274. The van der Waals surface area contributed by atoms with Crippen molar-refractivity contribution in [3.63, 3.8) is 0 Å². The molecule has 1 amide bonds. The average molecular weight is 438 g/mol. The zero-order chi connectivity index (χ0) is 22.8. The lowest BCUT2D eigenvalue weighted by Crippen LogP contribution is -2.10. The third-order valence-electron chi connectivity index (χ3n) is 5.90. The molecule has 6 nitrogen and oxygen atoms in total. The van der Waals surface area contributed by atoms with Crippen LogP contribution in [0.5, 0.6) is 0 Å². The van der Waals surface area contributed by atoms with Crippen LogP contribution in [0.1, 0.15) is 56.7 Å². The number of rotatable bonds is 7. The molecule has 0 spiro atoms. The number of aryl methyl sites for hydroxylation is 1. The largest absolute Gasteiger partial charge is 0.495 e. The molecule has 2 N–H and O–H groups in total. The number of nitrogens with two attached hydrogens (primary N) is 1. The van der Waals surface area contributed by atoms with Crippen molar-refractivity contribution < 1.29 is 14.3 Å². The zero-order valence-corrected chi connectivity index (χ0v) is 19.3. The van der Waals surface area contributed by atoms with Gasteiger partial charge in [-0.25, -0.2) is 4.98 Å². The van der Waals surface area contributed by atoms with Crippen LogP contribution in [0, 0.1) is 0 Å². The number of hydrogen-bond acceptors (Lipinski definition) is 4. The van der Waals surface area contributed by atoms with Crippen molar-refractivity contribution in [3.8, 4) is 0 Å². The molecule has 0 bridgehead atoms. The van der Waals surface area contributed by atoms with Gasteiger partial charge in [0.15, 0.2) is 0 Å². The van der Waals surface area contributed by atoms with Crippen LogP contribution in [0.4, 0.5) is 0 Å². The number of aromatic nitrogens is 2. The summed E-state index contributed by atoms with van der Waals surface area (Å²) in [6, 6.07) is 8.44. The molecule has 6 heteroatoms. The van der Waals surface area contributed by atoms with Gasteiger partial charge in [0.05, 0.1) is 29.8 Å². The van der Waals surface area contributed by atoms with E-state index in [1.807, 2.05) is 24.3 Å². The SMILES string of the molecule is COCCOC1=CC=CC(CC(N)=O)=CC1.Cn1c(C2CCCCC2)nc2ccccc21. The van der Waals surface area contributed by atoms with Crippen LogP contribution in [0.25, 0.3) is 11.0 Å². The Balaban J connectivity index is 0.000000181. The molecule has 2 aliphatic rings. The van der Waals surface area contributed by atoms with E-state index in [4.69, 9.17) is 20.2 Å². The number of fused-ring (bicyclic) bond motifs is 1. The highest BCUT2D eigenvalue weighted by atomic mass is 16.5. The van der Waals surface area contributed by atoms with E-state index in [0.29, 0.717) is 25.6 Å². The number of primary amides is 1. The topological polar surface area (TPSA) is 79.4 Å². The molecule has 1 aromatic heterocycles. The summed E-state index contributed by atoms with van der Waals surface area (Å²) < 4.78 is 12.7. The molecule has 2 aromatic rings. The first-order valence-corrected chi connectivity index (χ1v) is 11.5. The van der Waals surface area contributed by atoms with Crippen molar-refractivity contribution in [2.24, 2.45) is 12.8 Å². The van der Waals surface area contributed by atoms with E-state index in [0.717, 1.165) is 16.8 Å². The first kappa shape index (κ1) is 23.8. The van der Waals surface area contributed by atoms with Gasteiger partial charge in [-0.05, 0) is 36.6 Å². The molecular weight excluding hydrogens is 402 g/mol. The maximum absolute atomic E-state index is 10.8. The van der Waals surface area contributed by atoms with Crippen molar-refractivity contribution in [1.82, 2.24) is 9.55 Å². The number of methoxy groups -OCH3 is 1. The van der Waals surface area contributed by atoms with Gasteiger partial charge in [0.2, 0.25) is 5.91 Å². The standard InChI is InChI=1S/C14H18N2.C12H17NO3/c1-16-13-10-6-5-9-12(13)15-14(16)11-7-3-2-4-8-11;1-15-7-8-16-11-4-2-3-10(5-6-11)9-12(13)14/h5-6,9-11H,2-4,7-8H2,1H3;2-5H,6-9H2,1H3,(H2,13,14). The molecule has 1 heterocycles. The summed E-state index contributed by atoms with van der Waals surface area (Å²) in [4.78, 5) is 15.6. The average Bonchev–Trinajstić information content (AvgIpc) is 2.98. The number of amides is 1. The highest BCUT2D eigenvalue weighted by Crippen LogP contribution is 2.33. The number of hydrogen-bond donors (Lipinski definition) is 1. The second-order valence-corrected chi connectivity index (χ2v) is 8.31. The van der Waals surface area contributed by atoms with Gasteiger partial charge in [-0.3, -0.25) is 4.79 Å². The maximum atomic E-state index is 10.8. The van der Waals surface area contributed by atoms with Gasteiger partial charge < -0.3 is 19.8 Å². The highest BCUT2D eigenvalue weighted by Gasteiger charge is 2.20. The second-order valence-electron chi connectivity index (χ2n) is 8.31. The van der Waals surface area contributed by atoms with Gasteiger partial charge in [0.25, 0.3) is 0 Å². The minimum Gasteiger partial charge on any atom is -0.495 e. The summed E-state index contributed by atoms with van der Waals surface area (Å²) >= 11 is 0. The molecule has 2 aliphatic carbocycles. The summed E-state index contributed by atoms with van der Waals surface area (Å²) in [7, 11) is 3.79. The molecular formula is C26H35N3O3. The summed E-state index contributed by atoms with van der Waals surface area (Å²) in [6.45, 7) is 1.11. The number of para-hydroxylation sites is 2. The zero-order valence-electron chi connectivity index (χ0n) is 19.3. The van der Waals surface area contributed by atoms with Gasteiger partial charge in [0.1, 0.15) is 12.4 Å². The van der Waals surface area contributed by atoms with Crippen LogP contribution in [0.2, 0.25) is 0 Å². The first-order chi connectivity index (χ1) is 15.6. The smallest absolute Gasteiger partial charge is 0.221 e. The predicted octanol–water partition coefficient (Wildman–Crippen LogP) is 4.92. The Morgan fingerprint density at radius 2 is 1.97 bits per heavy atom. The summed E-state index contributed by atoms with van der Waals surface area (Å²) in [5.41, 5.74) is 8.46. The fourth-order valence-corrected chi connectivity index (χ4v) is 4.23. The predicted molar refractivity (Wildman–Crippen MR) is 128 cm³/mol. The fraction of sp³-hybridized carbons (Fsp3) is 0.462. The van der Waals surface area contributed by atoms with Crippen molar-refractivity contribution in [2.75, 3.05) is 20.3 Å². The lowest BCUT2D eigenvalue weighted by molar-refractivity contribution is -0.117. The first-order valence-electron chi connectivity index (χ1n) is 11.5. The minimum atomic E-state index is -0.320. The number of benzene rings is 1. The third-order valence-corrected chi connectivity index (χ3v) is 5.90. The molecule has 32 heavy (non-hydrogen) atoms. The van der Waals surface area contributed by atoms with Crippen molar-refractivity contribution >= 4 is 16.9 Å². The lowest BCUT2D eigenvalue weighted by Gasteiger charge is -2.20. The van der Waals surface area contributed by atoms with Crippen molar-refractivity contribution in [2.45, 2.75) is 50.9 Å². The van der Waals surface area contributed by atoms with E-state index < -0.39 is 0 Å². The fourth-order valence-electron chi connectivity index (χ4n) is 4.23. The Bertz CT molecular complexity index is 981. The van der Waals surface area contributed by atoms with Crippen LogP contribution in [-0.2, 0) is 21.3 Å². The Labute approximate surface area is 190 Å². The van der Waals surface area contributed by atoms with Crippen LogP contribution in [-0.4, -0.2) is 35.8 Å². The van der Waals surface area contributed by atoms with E-state index >= 15 is 0 Å². The molecule has 0 atom stereocenters. The quantitative estimate of drug-likeness (QED) is 0.624. The van der Waals surface area contributed by atoms with Gasteiger partial charge in [-0.2, -0.15) is 0 Å². The third kappa shape index (κ3) is 6.82. The number of carbonyl (C=O) groups is 1. The van der Waals surface area contributed by atoms with Crippen molar-refractivity contribution in [3.05, 3.63) is 65.7 Å². The van der Waals surface area contributed by atoms with E-state index in [2.05, 4.69) is 35.9 Å². The van der Waals surface area contributed by atoms with Gasteiger partial charge in [-0.1, -0.05) is 49.6 Å². The molecule has 0 saturated heterocycles. The second kappa shape index (κ2) is 12.2. The number of allylic oxidation sites excluding steroid dienone is 4. The molecule has 4 rings (SSSR count). The molecule has 1 aromatic carbocycles. The van der Waals surface area contributed by atoms with Gasteiger partial charge in [0, 0.05) is 26.5 Å². The molecule has 1 fully saturated rings.